The maximum atomic E-state index is 13.9. The molecule has 2 aliphatic rings. The number of urea groups is 2. The van der Waals surface area contributed by atoms with E-state index in [9.17, 15) is 28.8 Å². The van der Waals surface area contributed by atoms with E-state index in [2.05, 4.69) is 0 Å². The van der Waals surface area contributed by atoms with Crippen LogP contribution in [0.5, 0.6) is 0 Å². The molecule has 5 aromatic carbocycles. The molecule has 52 heavy (non-hydrogen) atoms. The normalized spacial score (nSPS) is 18.0. The Kier molecular flexibility index (Phi) is 9.53. The minimum Gasteiger partial charge on any atom is -0.273 e. The zero-order valence-electron chi connectivity index (χ0n) is 28.1. The van der Waals surface area contributed by atoms with Crippen LogP contribution in [-0.4, -0.2) is 45.5 Å². The Labute approximate surface area is 300 Å². The summed E-state index contributed by atoms with van der Waals surface area (Å²) in [6.45, 7) is -0.0125. The largest absolute Gasteiger partial charge is 0.338 e. The highest BCUT2D eigenvalue weighted by Gasteiger charge is 2.48. The van der Waals surface area contributed by atoms with Crippen LogP contribution >= 0.6 is 0 Å². The van der Waals surface area contributed by atoms with Gasteiger partial charge in [-0.25, -0.2) is 19.4 Å². The molecule has 0 aromatic heterocycles. The van der Waals surface area contributed by atoms with Crippen molar-refractivity contribution in [2.45, 2.75) is 25.9 Å². The van der Waals surface area contributed by atoms with Crippen molar-refractivity contribution in [1.82, 2.24) is 9.80 Å². The molecule has 5 aromatic rings. The summed E-state index contributed by atoms with van der Waals surface area (Å²) in [7, 11) is 0. The molecule has 8 amide bonds. The minimum atomic E-state index is -1.21. The number of hydrogen-bond donors (Lipinski definition) is 0. The summed E-state index contributed by atoms with van der Waals surface area (Å²) in [6, 6.07) is 40.8. The summed E-state index contributed by atoms with van der Waals surface area (Å²) in [6.07, 6.45) is -0.0382. The summed E-state index contributed by atoms with van der Waals surface area (Å²) in [5, 5.41) is 0. The van der Waals surface area contributed by atoms with E-state index >= 15 is 0 Å². The minimum absolute atomic E-state index is 0.00627. The van der Waals surface area contributed by atoms with Crippen LogP contribution in [0.1, 0.15) is 22.3 Å². The van der Waals surface area contributed by atoms with Gasteiger partial charge in [0.15, 0.2) is 0 Å². The maximum Gasteiger partial charge on any atom is 0.338 e. The fourth-order valence-corrected chi connectivity index (χ4v) is 6.67. The number of carbonyl (C=O) groups excluding carboxylic acids is 6. The number of anilines is 2. The van der Waals surface area contributed by atoms with Crippen molar-refractivity contribution in [3.8, 4) is 0 Å². The number of barbiturate groups is 2. The SMILES string of the molecule is O=C1C(Cc2cccc(C[C@@H]3C(=O)N(Cc4ccccc4)C(=O)N(c4ccccc4)C3=O)c2)C(=O)N(c2ccccc2)C(=O)N1Cc1ccccc1. The Morgan fingerprint density at radius 3 is 1.06 bits per heavy atom. The quantitative estimate of drug-likeness (QED) is 0.157. The van der Waals surface area contributed by atoms with Crippen molar-refractivity contribution in [3.63, 3.8) is 0 Å². The first-order chi connectivity index (χ1) is 25.3. The number of hydrogen-bond acceptors (Lipinski definition) is 6. The topological polar surface area (TPSA) is 115 Å². The van der Waals surface area contributed by atoms with Crippen LogP contribution in [-0.2, 0) is 45.1 Å². The van der Waals surface area contributed by atoms with E-state index < -0.39 is 47.5 Å². The van der Waals surface area contributed by atoms with Gasteiger partial charge in [0, 0.05) is 0 Å². The van der Waals surface area contributed by atoms with Crippen LogP contribution in [0.4, 0.5) is 21.0 Å². The summed E-state index contributed by atoms with van der Waals surface area (Å²) >= 11 is 0. The van der Waals surface area contributed by atoms with E-state index in [1.807, 2.05) is 60.7 Å². The van der Waals surface area contributed by atoms with Gasteiger partial charge in [-0.3, -0.25) is 29.0 Å². The van der Waals surface area contributed by atoms with E-state index in [1.165, 1.54) is 0 Å². The molecule has 10 nitrogen and oxygen atoms in total. The Bertz CT molecular complexity index is 1990. The standard InChI is InChI=1S/C42H34N4O6/c47-37-35(39(49)45(33-20-9-3-10-21-33)41(51)43(37)27-29-14-5-1-6-15-29)25-31-18-13-19-32(24-31)26-36-38(48)44(28-30-16-7-2-8-17-30)42(52)46(40(36)50)34-22-11-4-12-23-34/h1-24,35-36H,25-28H2/t35-,36?/m1/s1. The lowest BCUT2D eigenvalue weighted by Crippen LogP contribution is -2.60. The van der Waals surface area contributed by atoms with Crippen molar-refractivity contribution < 1.29 is 28.8 Å². The number of benzene rings is 5. The lowest BCUT2D eigenvalue weighted by atomic mass is 9.90. The zero-order valence-corrected chi connectivity index (χ0v) is 28.1. The van der Waals surface area contributed by atoms with E-state index in [1.54, 1.807) is 84.9 Å². The molecule has 2 saturated heterocycles. The van der Waals surface area contributed by atoms with Gasteiger partial charge in [0.05, 0.1) is 24.5 Å². The van der Waals surface area contributed by atoms with Crippen molar-refractivity contribution >= 4 is 47.1 Å². The highest BCUT2D eigenvalue weighted by atomic mass is 16.2. The molecular weight excluding hydrogens is 656 g/mol. The van der Waals surface area contributed by atoms with Gasteiger partial charge >= 0.3 is 12.1 Å². The van der Waals surface area contributed by atoms with Gasteiger partial charge in [-0.1, -0.05) is 121 Å². The molecule has 0 saturated carbocycles. The van der Waals surface area contributed by atoms with E-state index in [4.69, 9.17) is 0 Å². The summed E-state index contributed by atoms with van der Waals surface area (Å²) in [4.78, 5) is 87.5. The number of para-hydroxylation sites is 2. The smallest absolute Gasteiger partial charge is 0.273 e. The first-order valence-corrected chi connectivity index (χ1v) is 16.9. The summed E-state index contributed by atoms with van der Waals surface area (Å²) < 4.78 is 0. The van der Waals surface area contributed by atoms with Crippen molar-refractivity contribution in [3.05, 3.63) is 168 Å². The third-order valence-electron chi connectivity index (χ3n) is 9.28. The molecule has 258 valence electrons. The predicted molar refractivity (Wildman–Crippen MR) is 193 cm³/mol. The fraction of sp³-hybridized carbons (Fsp3) is 0.143. The van der Waals surface area contributed by atoms with Crippen LogP contribution in [0.15, 0.2) is 146 Å². The van der Waals surface area contributed by atoms with Gasteiger partial charge in [0.2, 0.25) is 23.6 Å². The monoisotopic (exact) mass is 690 g/mol. The number of nitrogens with zero attached hydrogens (tertiary/aromatic N) is 4. The molecule has 2 heterocycles. The number of carbonyl (C=O) groups is 6. The molecular formula is C42H34N4O6. The van der Waals surface area contributed by atoms with E-state index in [0.29, 0.717) is 22.5 Å². The van der Waals surface area contributed by atoms with Crippen molar-refractivity contribution in [1.29, 1.82) is 0 Å². The number of imide groups is 4. The lowest BCUT2D eigenvalue weighted by Gasteiger charge is -2.37. The lowest BCUT2D eigenvalue weighted by molar-refractivity contribution is -0.143. The summed E-state index contributed by atoms with van der Waals surface area (Å²) in [5.41, 5.74) is 3.40. The van der Waals surface area contributed by atoms with Gasteiger partial charge in [-0.05, 0) is 59.4 Å². The van der Waals surface area contributed by atoms with Crippen LogP contribution < -0.4 is 9.80 Å². The molecule has 2 aliphatic heterocycles. The van der Waals surface area contributed by atoms with Crippen LogP contribution in [0, 0.1) is 11.8 Å². The molecule has 1 unspecified atom stereocenters. The molecule has 2 atom stereocenters. The van der Waals surface area contributed by atoms with Crippen LogP contribution in [0.3, 0.4) is 0 Å². The first-order valence-electron chi connectivity index (χ1n) is 16.9. The Hall–Kier alpha value is -6.68. The predicted octanol–water partition coefficient (Wildman–Crippen LogP) is 6.40. The third-order valence-corrected chi connectivity index (χ3v) is 9.28. The molecule has 0 N–H and O–H groups in total. The van der Waals surface area contributed by atoms with Gasteiger partial charge in [-0.15, -0.1) is 0 Å². The van der Waals surface area contributed by atoms with E-state index in [-0.39, 0.29) is 25.9 Å². The molecule has 10 heteroatoms. The Morgan fingerprint density at radius 1 is 0.365 bits per heavy atom. The Balaban J connectivity index is 1.17. The highest BCUT2D eigenvalue weighted by Crippen LogP contribution is 2.31. The molecule has 0 bridgehead atoms. The second-order valence-corrected chi connectivity index (χ2v) is 12.7. The second kappa shape index (κ2) is 14.7. The maximum absolute atomic E-state index is 13.9. The van der Waals surface area contributed by atoms with Crippen molar-refractivity contribution in [2.24, 2.45) is 11.8 Å². The average molecular weight is 691 g/mol. The molecule has 7 rings (SSSR count). The van der Waals surface area contributed by atoms with Gasteiger partial charge in [0.1, 0.15) is 11.8 Å². The number of amides is 8. The average Bonchev–Trinajstić information content (AvgIpc) is 3.17. The molecule has 0 aliphatic carbocycles. The van der Waals surface area contributed by atoms with Gasteiger partial charge < -0.3 is 0 Å². The summed E-state index contributed by atoms with van der Waals surface area (Å²) in [5.74, 6) is -4.90. The molecule has 0 spiro atoms. The molecule has 2 fully saturated rings. The first kappa shape index (κ1) is 33.8. The zero-order chi connectivity index (χ0) is 36.2. The fourth-order valence-electron chi connectivity index (χ4n) is 6.67. The van der Waals surface area contributed by atoms with E-state index in [0.717, 1.165) is 30.7 Å². The number of rotatable bonds is 10. The third kappa shape index (κ3) is 6.74. The van der Waals surface area contributed by atoms with Crippen molar-refractivity contribution in [2.75, 3.05) is 9.80 Å². The second-order valence-electron chi connectivity index (χ2n) is 12.7. The highest BCUT2D eigenvalue weighted by molar-refractivity contribution is 6.28. The van der Waals surface area contributed by atoms with Crippen LogP contribution in [0.25, 0.3) is 0 Å². The van der Waals surface area contributed by atoms with Gasteiger partial charge in [0.25, 0.3) is 0 Å². The molecule has 0 radical (unpaired) electrons. The van der Waals surface area contributed by atoms with Crippen LogP contribution in [0.2, 0.25) is 0 Å². The Morgan fingerprint density at radius 2 is 0.692 bits per heavy atom. The van der Waals surface area contributed by atoms with Gasteiger partial charge in [-0.2, -0.15) is 0 Å².